The Morgan fingerprint density at radius 3 is 2.86 bits per heavy atom. The van der Waals surface area contributed by atoms with Gasteiger partial charge < -0.3 is 5.32 Å². The van der Waals surface area contributed by atoms with Crippen LogP contribution >= 0.6 is 0 Å². The standard InChI is InChI=1S/C14H12FN3O3/c1-9-5-11(18(20)21)6-12(13(9)15)14(19)17-8-10-3-2-4-16-7-10/h2-7H,8H2,1H3,(H,17,19). The van der Waals surface area contributed by atoms with Gasteiger partial charge in [0.15, 0.2) is 0 Å². The zero-order chi connectivity index (χ0) is 15.4. The highest BCUT2D eigenvalue weighted by Crippen LogP contribution is 2.21. The Hall–Kier alpha value is -2.83. The zero-order valence-electron chi connectivity index (χ0n) is 11.2. The molecule has 2 rings (SSSR count). The van der Waals surface area contributed by atoms with Crippen molar-refractivity contribution in [3.05, 3.63) is 69.3 Å². The minimum atomic E-state index is -0.760. The number of nitro benzene ring substituents is 1. The number of halogens is 1. The highest BCUT2D eigenvalue weighted by atomic mass is 19.1. The van der Waals surface area contributed by atoms with Crippen molar-refractivity contribution in [2.24, 2.45) is 0 Å². The molecule has 1 heterocycles. The normalized spacial score (nSPS) is 10.2. The molecule has 0 saturated carbocycles. The lowest BCUT2D eigenvalue weighted by atomic mass is 10.1. The quantitative estimate of drug-likeness (QED) is 0.691. The number of rotatable bonds is 4. The summed E-state index contributed by atoms with van der Waals surface area (Å²) in [5, 5.41) is 13.3. The van der Waals surface area contributed by atoms with Gasteiger partial charge in [0.05, 0.1) is 10.5 Å². The number of nitrogens with zero attached hydrogens (tertiary/aromatic N) is 2. The predicted octanol–water partition coefficient (Wildman–Crippen LogP) is 2.37. The van der Waals surface area contributed by atoms with Crippen LogP contribution in [0.2, 0.25) is 0 Å². The van der Waals surface area contributed by atoms with Crippen molar-refractivity contribution in [2.75, 3.05) is 0 Å². The molecule has 1 aromatic heterocycles. The summed E-state index contributed by atoms with van der Waals surface area (Å²) in [6.07, 6.45) is 3.16. The fourth-order valence-electron chi connectivity index (χ4n) is 1.80. The molecule has 0 aliphatic carbocycles. The van der Waals surface area contributed by atoms with Crippen LogP contribution in [-0.2, 0) is 6.54 Å². The first-order chi connectivity index (χ1) is 9.99. The zero-order valence-corrected chi connectivity index (χ0v) is 11.2. The van der Waals surface area contributed by atoms with Gasteiger partial charge in [-0.15, -0.1) is 0 Å². The van der Waals surface area contributed by atoms with Crippen LogP contribution in [-0.4, -0.2) is 15.8 Å². The van der Waals surface area contributed by atoms with E-state index >= 15 is 0 Å². The van der Waals surface area contributed by atoms with E-state index in [4.69, 9.17) is 0 Å². The molecule has 0 fully saturated rings. The van der Waals surface area contributed by atoms with Crippen molar-refractivity contribution in [1.29, 1.82) is 0 Å². The molecule has 0 saturated heterocycles. The van der Waals surface area contributed by atoms with Gasteiger partial charge in [0, 0.05) is 31.1 Å². The molecular formula is C14H12FN3O3. The van der Waals surface area contributed by atoms with E-state index in [1.165, 1.54) is 6.92 Å². The molecule has 2 aromatic rings. The van der Waals surface area contributed by atoms with Gasteiger partial charge in [0.1, 0.15) is 5.82 Å². The number of aryl methyl sites for hydroxylation is 1. The first-order valence-electron chi connectivity index (χ1n) is 6.10. The molecule has 0 aliphatic rings. The summed E-state index contributed by atoms with van der Waals surface area (Å²) in [5.74, 6) is -1.47. The molecule has 0 aliphatic heterocycles. The summed E-state index contributed by atoms with van der Waals surface area (Å²) in [7, 11) is 0. The van der Waals surface area contributed by atoms with Crippen LogP contribution in [0.3, 0.4) is 0 Å². The van der Waals surface area contributed by atoms with Crippen LogP contribution in [0.25, 0.3) is 0 Å². The fraction of sp³-hybridized carbons (Fsp3) is 0.143. The third-order valence-electron chi connectivity index (χ3n) is 2.87. The highest BCUT2D eigenvalue weighted by Gasteiger charge is 2.19. The number of amides is 1. The first kappa shape index (κ1) is 14.6. The molecule has 21 heavy (non-hydrogen) atoms. The van der Waals surface area contributed by atoms with Crippen molar-refractivity contribution < 1.29 is 14.1 Å². The molecule has 0 atom stereocenters. The number of benzene rings is 1. The molecular weight excluding hydrogens is 277 g/mol. The number of pyridine rings is 1. The van der Waals surface area contributed by atoms with Crippen LogP contribution < -0.4 is 5.32 Å². The van der Waals surface area contributed by atoms with E-state index in [1.807, 2.05) is 0 Å². The number of aromatic nitrogens is 1. The van der Waals surface area contributed by atoms with Crippen LogP contribution in [0.1, 0.15) is 21.5 Å². The Balaban J connectivity index is 2.21. The van der Waals surface area contributed by atoms with Gasteiger partial charge in [-0.1, -0.05) is 6.07 Å². The number of non-ortho nitro benzene ring substituents is 1. The molecule has 6 nitrogen and oxygen atoms in total. The maximum Gasteiger partial charge on any atom is 0.270 e. The Morgan fingerprint density at radius 1 is 1.48 bits per heavy atom. The van der Waals surface area contributed by atoms with E-state index in [-0.39, 0.29) is 23.4 Å². The molecule has 108 valence electrons. The maximum absolute atomic E-state index is 13.9. The number of carbonyl (C=O) groups excluding carboxylic acids is 1. The predicted molar refractivity (Wildman–Crippen MR) is 73.2 cm³/mol. The summed E-state index contributed by atoms with van der Waals surface area (Å²) < 4.78 is 13.9. The van der Waals surface area contributed by atoms with E-state index in [0.717, 1.165) is 17.7 Å². The van der Waals surface area contributed by atoms with E-state index in [2.05, 4.69) is 10.3 Å². The maximum atomic E-state index is 13.9. The number of nitrogens with one attached hydrogen (secondary N) is 1. The van der Waals surface area contributed by atoms with Crippen molar-refractivity contribution >= 4 is 11.6 Å². The molecule has 1 aromatic carbocycles. The monoisotopic (exact) mass is 289 g/mol. The number of hydrogen-bond donors (Lipinski definition) is 1. The molecule has 1 amide bonds. The highest BCUT2D eigenvalue weighted by molar-refractivity contribution is 5.95. The topological polar surface area (TPSA) is 85.1 Å². The van der Waals surface area contributed by atoms with Crippen LogP contribution in [0.4, 0.5) is 10.1 Å². The van der Waals surface area contributed by atoms with E-state index in [9.17, 15) is 19.3 Å². The summed E-state index contributed by atoms with van der Waals surface area (Å²) in [4.78, 5) is 26.0. The third-order valence-corrected chi connectivity index (χ3v) is 2.87. The van der Waals surface area contributed by atoms with E-state index in [1.54, 1.807) is 24.5 Å². The summed E-state index contributed by atoms with van der Waals surface area (Å²) in [6.45, 7) is 1.54. The van der Waals surface area contributed by atoms with Crippen molar-refractivity contribution in [3.8, 4) is 0 Å². The Kier molecular flexibility index (Phi) is 4.22. The second-order valence-electron chi connectivity index (χ2n) is 4.43. The van der Waals surface area contributed by atoms with Gasteiger partial charge >= 0.3 is 0 Å². The van der Waals surface area contributed by atoms with Crippen molar-refractivity contribution in [3.63, 3.8) is 0 Å². The van der Waals surface area contributed by atoms with Gasteiger partial charge in [-0.2, -0.15) is 0 Å². The number of carbonyl (C=O) groups is 1. The minimum Gasteiger partial charge on any atom is -0.348 e. The van der Waals surface area contributed by atoms with Crippen LogP contribution in [0.5, 0.6) is 0 Å². The lowest BCUT2D eigenvalue weighted by molar-refractivity contribution is -0.385. The number of nitro groups is 1. The average molecular weight is 289 g/mol. The Labute approximate surface area is 119 Å². The summed E-state index contributed by atoms with van der Waals surface area (Å²) >= 11 is 0. The van der Waals surface area contributed by atoms with Gasteiger partial charge in [0.25, 0.3) is 11.6 Å². The van der Waals surface area contributed by atoms with Crippen molar-refractivity contribution in [2.45, 2.75) is 13.5 Å². The Morgan fingerprint density at radius 2 is 2.24 bits per heavy atom. The largest absolute Gasteiger partial charge is 0.348 e. The molecule has 0 spiro atoms. The lowest BCUT2D eigenvalue weighted by Crippen LogP contribution is -2.24. The second-order valence-corrected chi connectivity index (χ2v) is 4.43. The van der Waals surface area contributed by atoms with Crippen molar-refractivity contribution in [1.82, 2.24) is 10.3 Å². The molecule has 1 N–H and O–H groups in total. The average Bonchev–Trinajstić information content (AvgIpc) is 2.48. The van der Waals surface area contributed by atoms with E-state index in [0.29, 0.717) is 0 Å². The lowest BCUT2D eigenvalue weighted by Gasteiger charge is -2.07. The van der Waals surface area contributed by atoms with Gasteiger partial charge in [-0.25, -0.2) is 4.39 Å². The Bertz CT molecular complexity index is 689. The SMILES string of the molecule is Cc1cc([N+](=O)[O-])cc(C(=O)NCc2cccnc2)c1F. The van der Waals surface area contributed by atoms with E-state index < -0.39 is 16.6 Å². The molecule has 0 radical (unpaired) electrons. The summed E-state index contributed by atoms with van der Waals surface area (Å²) in [5.41, 5.74) is 0.134. The van der Waals surface area contributed by atoms with Gasteiger partial charge in [-0.3, -0.25) is 19.9 Å². The fourth-order valence-corrected chi connectivity index (χ4v) is 1.80. The molecule has 0 bridgehead atoms. The first-order valence-corrected chi connectivity index (χ1v) is 6.10. The van der Waals surface area contributed by atoms with Gasteiger partial charge in [-0.05, 0) is 24.1 Å². The summed E-state index contributed by atoms with van der Waals surface area (Å²) in [6, 6.07) is 5.48. The van der Waals surface area contributed by atoms with Crippen LogP contribution in [0.15, 0.2) is 36.7 Å². The van der Waals surface area contributed by atoms with Crippen LogP contribution in [0, 0.1) is 22.9 Å². The molecule has 7 heteroatoms. The minimum absolute atomic E-state index is 0.0516. The smallest absolute Gasteiger partial charge is 0.270 e. The van der Waals surface area contributed by atoms with Gasteiger partial charge in [0.2, 0.25) is 0 Å². The number of hydrogen-bond acceptors (Lipinski definition) is 4. The third kappa shape index (κ3) is 3.38. The molecule has 0 unspecified atom stereocenters. The second kappa shape index (κ2) is 6.08.